The molecule has 1 saturated carbocycles. The molecule has 0 saturated heterocycles. The molecule has 1 heterocycles. The first-order chi connectivity index (χ1) is 9.11. The van der Waals surface area contributed by atoms with Crippen LogP contribution >= 0.6 is 15.9 Å². The lowest BCUT2D eigenvalue weighted by atomic mass is 10.1. The molecule has 0 aromatic carbocycles. The molecule has 2 rings (SSSR count). The Kier molecular flexibility index (Phi) is 5.05. The lowest BCUT2D eigenvalue weighted by Crippen LogP contribution is -2.43. The summed E-state index contributed by atoms with van der Waals surface area (Å²) in [6.07, 6.45) is 6.38. The first kappa shape index (κ1) is 14.6. The minimum atomic E-state index is -0.417. The number of aliphatic hydroxyl groups is 1. The summed E-state index contributed by atoms with van der Waals surface area (Å²) in [7, 11) is 0. The molecule has 19 heavy (non-hydrogen) atoms. The van der Waals surface area contributed by atoms with Gasteiger partial charge in [0.1, 0.15) is 5.69 Å². The van der Waals surface area contributed by atoms with Crippen molar-refractivity contribution in [1.82, 2.24) is 9.88 Å². The van der Waals surface area contributed by atoms with Crippen LogP contribution in [0.25, 0.3) is 0 Å². The Balaban J connectivity index is 2.06. The summed E-state index contributed by atoms with van der Waals surface area (Å²) in [4.78, 5) is 12.3. The highest BCUT2D eigenvalue weighted by Crippen LogP contribution is 2.19. The van der Waals surface area contributed by atoms with E-state index in [1.54, 1.807) is 0 Å². The Hall–Kier alpha value is -0.810. The first-order valence-electron chi connectivity index (χ1n) is 6.96. The van der Waals surface area contributed by atoms with E-state index in [0.29, 0.717) is 5.69 Å². The van der Waals surface area contributed by atoms with Gasteiger partial charge in [-0.15, -0.1) is 0 Å². The summed E-state index contributed by atoms with van der Waals surface area (Å²) in [6.45, 7) is 2.76. The minimum Gasteiger partial charge on any atom is -0.391 e. The zero-order valence-corrected chi connectivity index (χ0v) is 12.8. The van der Waals surface area contributed by atoms with Gasteiger partial charge in [0.15, 0.2) is 0 Å². The van der Waals surface area contributed by atoms with Crippen LogP contribution in [-0.4, -0.2) is 27.7 Å². The van der Waals surface area contributed by atoms with E-state index in [9.17, 15) is 9.90 Å². The molecule has 0 spiro atoms. The van der Waals surface area contributed by atoms with Gasteiger partial charge in [0, 0.05) is 17.2 Å². The molecule has 0 radical (unpaired) electrons. The van der Waals surface area contributed by atoms with E-state index in [1.165, 1.54) is 0 Å². The quantitative estimate of drug-likeness (QED) is 0.838. The van der Waals surface area contributed by atoms with Crippen LogP contribution in [-0.2, 0) is 6.54 Å². The largest absolute Gasteiger partial charge is 0.391 e. The third-order valence-electron chi connectivity index (χ3n) is 3.73. The van der Waals surface area contributed by atoms with Crippen LogP contribution in [0.5, 0.6) is 0 Å². The number of aromatic nitrogens is 1. The van der Waals surface area contributed by atoms with Gasteiger partial charge >= 0.3 is 0 Å². The van der Waals surface area contributed by atoms with Gasteiger partial charge in [0.05, 0.1) is 12.1 Å². The lowest BCUT2D eigenvalue weighted by molar-refractivity contribution is 0.0810. The van der Waals surface area contributed by atoms with E-state index in [0.717, 1.165) is 43.1 Å². The highest BCUT2D eigenvalue weighted by atomic mass is 79.9. The fourth-order valence-electron chi connectivity index (χ4n) is 2.63. The number of aryl methyl sites for hydroxylation is 1. The van der Waals surface area contributed by atoms with Crippen molar-refractivity contribution in [3.8, 4) is 0 Å². The fourth-order valence-corrected chi connectivity index (χ4v) is 3.09. The molecular formula is C14H21BrN2O2. The smallest absolute Gasteiger partial charge is 0.268 e. The maximum Gasteiger partial charge on any atom is 0.268 e. The van der Waals surface area contributed by atoms with E-state index >= 15 is 0 Å². The van der Waals surface area contributed by atoms with Crippen molar-refractivity contribution in [1.29, 1.82) is 0 Å². The number of aliphatic hydroxyl groups excluding tert-OH is 1. The maximum absolute atomic E-state index is 12.3. The predicted molar refractivity (Wildman–Crippen MR) is 78.2 cm³/mol. The molecule has 2 atom stereocenters. The Morgan fingerprint density at radius 1 is 1.47 bits per heavy atom. The molecule has 1 amide bonds. The van der Waals surface area contributed by atoms with Crippen LogP contribution in [0.4, 0.5) is 0 Å². The predicted octanol–water partition coefficient (Wildman–Crippen LogP) is 2.69. The molecule has 1 aromatic rings. The van der Waals surface area contributed by atoms with E-state index in [4.69, 9.17) is 0 Å². The molecule has 5 heteroatoms. The van der Waals surface area contributed by atoms with E-state index in [1.807, 2.05) is 23.8 Å². The fraction of sp³-hybridized carbons (Fsp3) is 0.643. The molecule has 1 aliphatic rings. The number of hydrogen-bond acceptors (Lipinski definition) is 2. The Morgan fingerprint density at radius 2 is 2.21 bits per heavy atom. The van der Waals surface area contributed by atoms with Gasteiger partial charge in [-0.3, -0.25) is 4.79 Å². The normalized spacial score (nSPS) is 23.9. The number of halogens is 1. The van der Waals surface area contributed by atoms with E-state index < -0.39 is 6.10 Å². The summed E-state index contributed by atoms with van der Waals surface area (Å²) >= 11 is 3.39. The van der Waals surface area contributed by atoms with Crippen LogP contribution in [0.2, 0.25) is 0 Å². The molecule has 1 aromatic heterocycles. The average Bonchev–Trinajstić information content (AvgIpc) is 2.66. The Morgan fingerprint density at radius 3 is 2.95 bits per heavy atom. The van der Waals surface area contributed by atoms with Gasteiger partial charge in [-0.1, -0.05) is 19.3 Å². The second kappa shape index (κ2) is 6.57. The highest BCUT2D eigenvalue weighted by Gasteiger charge is 2.24. The SMILES string of the molecule is CCn1cc(Br)cc1C(=O)NC1CCCCCC1O. The van der Waals surface area contributed by atoms with E-state index in [-0.39, 0.29) is 11.9 Å². The number of amides is 1. The van der Waals surface area contributed by atoms with Gasteiger partial charge in [0.25, 0.3) is 5.91 Å². The van der Waals surface area contributed by atoms with Crippen LogP contribution in [0, 0.1) is 0 Å². The molecule has 2 N–H and O–H groups in total. The van der Waals surface area contributed by atoms with Gasteiger partial charge < -0.3 is 15.0 Å². The molecule has 4 nitrogen and oxygen atoms in total. The number of nitrogens with one attached hydrogen (secondary N) is 1. The third kappa shape index (κ3) is 3.60. The number of carbonyl (C=O) groups excluding carboxylic acids is 1. The molecule has 0 aliphatic heterocycles. The average molecular weight is 329 g/mol. The van der Waals surface area contributed by atoms with E-state index in [2.05, 4.69) is 21.2 Å². The maximum atomic E-state index is 12.3. The molecule has 106 valence electrons. The molecule has 1 aliphatic carbocycles. The number of rotatable bonds is 3. The summed E-state index contributed by atoms with van der Waals surface area (Å²) in [6, 6.07) is 1.70. The van der Waals surface area contributed by atoms with Gasteiger partial charge in [-0.2, -0.15) is 0 Å². The van der Waals surface area contributed by atoms with Crippen molar-refractivity contribution in [3.05, 3.63) is 22.4 Å². The summed E-state index contributed by atoms with van der Waals surface area (Å²) in [5.41, 5.74) is 0.644. The van der Waals surface area contributed by atoms with Crippen molar-refractivity contribution >= 4 is 21.8 Å². The molecule has 0 bridgehead atoms. The zero-order chi connectivity index (χ0) is 13.8. The Labute approximate surface area is 122 Å². The lowest BCUT2D eigenvalue weighted by Gasteiger charge is -2.22. The third-order valence-corrected chi connectivity index (χ3v) is 4.17. The van der Waals surface area contributed by atoms with Crippen LogP contribution < -0.4 is 5.32 Å². The summed E-state index contributed by atoms with van der Waals surface area (Å²) in [5.74, 6) is -0.0986. The van der Waals surface area contributed by atoms with Crippen molar-refractivity contribution < 1.29 is 9.90 Å². The van der Waals surface area contributed by atoms with Crippen molar-refractivity contribution in [2.24, 2.45) is 0 Å². The van der Waals surface area contributed by atoms with Gasteiger partial charge in [-0.25, -0.2) is 0 Å². The topological polar surface area (TPSA) is 54.3 Å². The number of carbonyl (C=O) groups is 1. The Bertz CT molecular complexity index is 445. The number of nitrogens with zero attached hydrogens (tertiary/aromatic N) is 1. The van der Waals surface area contributed by atoms with Crippen molar-refractivity contribution in [2.75, 3.05) is 0 Å². The minimum absolute atomic E-state index is 0.0986. The van der Waals surface area contributed by atoms with Gasteiger partial charge in [-0.05, 0) is 41.8 Å². The zero-order valence-electron chi connectivity index (χ0n) is 11.2. The van der Waals surface area contributed by atoms with Crippen molar-refractivity contribution in [3.63, 3.8) is 0 Å². The second-order valence-electron chi connectivity index (χ2n) is 5.11. The number of hydrogen-bond donors (Lipinski definition) is 2. The first-order valence-corrected chi connectivity index (χ1v) is 7.75. The summed E-state index contributed by atoms with van der Waals surface area (Å²) < 4.78 is 2.81. The van der Waals surface area contributed by atoms with Crippen LogP contribution in [0.15, 0.2) is 16.7 Å². The van der Waals surface area contributed by atoms with Crippen LogP contribution in [0.1, 0.15) is 49.5 Å². The van der Waals surface area contributed by atoms with Crippen molar-refractivity contribution in [2.45, 2.75) is 57.7 Å². The monoisotopic (exact) mass is 328 g/mol. The summed E-state index contributed by atoms with van der Waals surface area (Å²) in [5, 5.41) is 13.0. The molecule has 1 fully saturated rings. The van der Waals surface area contributed by atoms with Gasteiger partial charge in [0.2, 0.25) is 0 Å². The van der Waals surface area contributed by atoms with Crippen LogP contribution in [0.3, 0.4) is 0 Å². The molecule has 2 unspecified atom stereocenters. The second-order valence-corrected chi connectivity index (χ2v) is 6.03. The standard InChI is InChI=1S/C14H21BrN2O2/c1-2-17-9-10(15)8-12(17)14(19)16-11-6-4-3-5-7-13(11)18/h8-9,11,13,18H,2-7H2,1H3,(H,16,19). The molecular weight excluding hydrogens is 308 g/mol. The highest BCUT2D eigenvalue weighted by molar-refractivity contribution is 9.10.